The van der Waals surface area contributed by atoms with E-state index in [0.29, 0.717) is 5.56 Å². The Morgan fingerprint density at radius 1 is 1.00 bits per heavy atom. The largest absolute Gasteiger partial charge is 0.313 e. The Hall–Kier alpha value is -3.12. The van der Waals surface area contributed by atoms with Crippen LogP contribution in [0.25, 0.3) is 20.8 Å². The van der Waals surface area contributed by atoms with Gasteiger partial charge in [-0.15, -0.1) is 35.1 Å². The van der Waals surface area contributed by atoms with Gasteiger partial charge in [-0.2, -0.15) is 4.31 Å². The molecule has 0 atom stereocenters. The molecule has 0 saturated carbocycles. The predicted molar refractivity (Wildman–Crippen MR) is 184 cm³/mol. The molecule has 5 aromatic rings. The van der Waals surface area contributed by atoms with Crippen LogP contribution in [0.2, 0.25) is 0 Å². The summed E-state index contributed by atoms with van der Waals surface area (Å²) in [5, 5.41) is 4.86. The number of nitrogens with zero attached hydrogens (tertiary/aromatic N) is 3. The van der Waals surface area contributed by atoms with E-state index in [9.17, 15) is 13.2 Å². The van der Waals surface area contributed by atoms with Gasteiger partial charge in [0.15, 0.2) is 0 Å². The number of sulfonamides is 1. The molecular weight excluding hydrogens is 632 g/mol. The van der Waals surface area contributed by atoms with Crippen molar-refractivity contribution in [2.75, 3.05) is 18.4 Å². The monoisotopic (exact) mass is 666 g/mol. The maximum atomic E-state index is 13.6. The van der Waals surface area contributed by atoms with Crippen LogP contribution in [-0.2, 0) is 29.5 Å². The molecule has 0 aliphatic carbocycles. The molecule has 3 aromatic carbocycles. The van der Waals surface area contributed by atoms with E-state index in [2.05, 4.69) is 23.2 Å². The number of amides is 1. The Morgan fingerprint density at radius 2 is 1.70 bits per heavy atom. The third-order valence-electron chi connectivity index (χ3n) is 7.80. The summed E-state index contributed by atoms with van der Waals surface area (Å²) in [6, 6.07) is 23.6. The summed E-state index contributed by atoms with van der Waals surface area (Å²) >= 11 is 3.26. The number of nitrogens with one attached hydrogen (secondary N) is 1. The molecular formula is C33H35ClN4O3S3. The first-order chi connectivity index (χ1) is 20.7. The lowest BCUT2D eigenvalue weighted by Crippen LogP contribution is -2.36. The zero-order valence-corrected chi connectivity index (χ0v) is 28.1. The van der Waals surface area contributed by atoms with E-state index in [1.807, 2.05) is 62.4 Å². The maximum absolute atomic E-state index is 13.6. The fourth-order valence-electron chi connectivity index (χ4n) is 5.42. The van der Waals surface area contributed by atoms with Crippen LogP contribution in [0, 0.1) is 0 Å². The molecule has 2 aromatic heterocycles. The molecule has 0 bridgehead atoms. The summed E-state index contributed by atoms with van der Waals surface area (Å²) in [7, 11) is -3.77. The van der Waals surface area contributed by atoms with Crippen molar-refractivity contribution in [1.29, 1.82) is 0 Å². The second kappa shape index (κ2) is 13.5. The predicted octanol–water partition coefficient (Wildman–Crippen LogP) is 7.68. The van der Waals surface area contributed by atoms with Gasteiger partial charge in [0.25, 0.3) is 5.91 Å². The first-order valence-electron chi connectivity index (χ1n) is 14.4. The lowest BCUT2D eigenvalue weighted by Gasteiger charge is -2.26. The van der Waals surface area contributed by atoms with Crippen LogP contribution in [0.1, 0.15) is 47.1 Å². The van der Waals surface area contributed by atoms with Crippen LogP contribution in [0.3, 0.4) is 0 Å². The van der Waals surface area contributed by atoms with Gasteiger partial charge in [0.2, 0.25) is 10.0 Å². The molecule has 0 spiro atoms. The molecule has 44 heavy (non-hydrogen) atoms. The van der Waals surface area contributed by atoms with Crippen LogP contribution in [0.15, 0.2) is 83.8 Å². The summed E-state index contributed by atoms with van der Waals surface area (Å²) in [6.45, 7) is 8.98. The van der Waals surface area contributed by atoms with Crippen molar-refractivity contribution in [2.24, 2.45) is 0 Å². The van der Waals surface area contributed by atoms with Gasteiger partial charge in [0.05, 0.1) is 15.1 Å². The van der Waals surface area contributed by atoms with E-state index in [4.69, 9.17) is 4.98 Å². The second-order valence-electron chi connectivity index (χ2n) is 10.9. The maximum Gasteiger partial charge on any atom is 0.256 e. The van der Waals surface area contributed by atoms with Gasteiger partial charge in [0.1, 0.15) is 10.0 Å². The van der Waals surface area contributed by atoms with Crippen LogP contribution in [-0.4, -0.2) is 47.6 Å². The molecule has 6 rings (SSSR count). The second-order valence-corrected chi connectivity index (χ2v) is 14.9. The summed E-state index contributed by atoms with van der Waals surface area (Å²) in [5.41, 5.74) is 4.54. The van der Waals surface area contributed by atoms with Gasteiger partial charge in [-0.25, -0.2) is 13.4 Å². The summed E-state index contributed by atoms with van der Waals surface area (Å²) in [6.07, 6.45) is 0.905. The Morgan fingerprint density at radius 3 is 2.39 bits per heavy atom. The van der Waals surface area contributed by atoms with Gasteiger partial charge in [-0.05, 0) is 74.3 Å². The minimum Gasteiger partial charge on any atom is -0.313 e. The number of thiophene rings is 1. The number of hydrogen-bond acceptors (Lipinski definition) is 7. The van der Waals surface area contributed by atoms with Crippen LogP contribution >= 0.6 is 35.1 Å². The first kappa shape index (κ1) is 32.3. The highest BCUT2D eigenvalue weighted by Crippen LogP contribution is 2.45. The zero-order chi connectivity index (χ0) is 30.1. The van der Waals surface area contributed by atoms with Gasteiger partial charge in [0, 0.05) is 41.7 Å². The van der Waals surface area contributed by atoms with Crippen molar-refractivity contribution >= 4 is 66.2 Å². The third-order valence-corrected chi connectivity index (χ3v) is 12.0. The van der Waals surface area contributed by atoms with Gasteiger partial charge < -0.3 is 5.32 Å². The molecule has 1 amide bonds. The number of likely N-dealkylation sites (N-methyl/N-ethyl adjacent to an activating group) is 1. The lowest BCUT2D eigenvalue weighted by atomic mass is 10.0. The Kier molecular flexibility index (Phi) is 9.89. The fourth-order valence-corrected chi connectivity index (χ4v) is 9.44. The van der Waals surface area contributed by atoms with E-state index >= 15 is 0 Å². The topological polar surface area (TPSA) is 82.6 Å². The summed E-state index contributed by atoms with van der Waals surface area (Å²) in [5.74, 6) is -0.276. The number of para-hydroxylation sites is 1. The molecule has 3 heterocycles. The first-order valence-corrected chi connectivity index (χ1v) is 17.5. The SMILES string of the molecule is CCN1CCc2c(sc(NC(=O)c3ccc(S(=O)(=O)N(Cc4ccccc4)C(C)C)cc3)c2-c2nc3ccccc3s2)C1.Cl. The van der Waals surface area contributed by atoms with Crippen molar-refractivity contribution in [3.8, 4) is 10.6 Å². The van der Waals surface area contributed by atoms with Gasteiger partial charge in [-0.3, -0.25) is 9.69 Å². The highest BCUT2D eigenvalue weighted by molar-refractivity contribution is 7.89. The minimum absolute atomic E-state index is 0. The van der Waals surface area contributed by atoms with E-state index in [-0.39, 0.29) is 35.8 Å². The van der Waals surface area contributed by atoms with Crippen molar-refractivity contribution < 1.29 is 13.2 Å². The molecule has 1 aliphatic heterocycles. The number of halogens is 1. The van der Waals surface area contributed by atoms with Crippen LogP contribution < -0.4 is 5.32 Å². The van der Waals surface area contributed by atoms with Gasteiger partial charge in [-0.1, -0.05) is 49.4 Å². The molecule has 11 heteroatoms. The van der Waals surface area contributed by atoms with Crippen molar-refractivity contribution in [3.63, 3.8) is 0 Å². The summed E-state index contributed by atoms with van der Waals surface area (Å²) < 4.78 is 29.8. The van der Waals surface area contributed by atoms with Crippen LogP contribution in [0.4, 0.5) is 5.00 Å². The molecule has 1 aliphatic rings. The van der Waals surface area contributed by atoms with E-state index < -0.39 is 10.0 Å². The van der Waals surface area contributed by atoms with Crippen molar-refractivity contribution in [3.05, 3.63) is 100 Å². The molecule has 0 saturated heterocycles. The number of benzene rings is 3. The molecule has 0 radical (unpaired) electrons. The minimum atomic E-state index is -3.77. The smallest absolute Gasteiger partial charge is 0.256 e. The summed E-state index contributed by atoms with van der Waals surface area (Å²) in [4.78, 5) is 22.3. The normalized spacial score (nSPS) is 13.7. The molecule has 1 N–H and O–H groups in total. The number of fused-ring (bicyclic) bond motifs is 2. The highest BCUT2D eigenvalue weighted by atomic mass is 35.5. The van der Waals surface area contributed by atoms with Crippen molar-refractivity contribution in [2.45, 2.75) is 51.2 Å². The number of rotatable bonds is 9. The highest BCUT2D eigenvalue weighted by Gasteiger charge is 2.29. The Labute approximate surface area is 273 Å². The Bertz CT molecular complexity index is 1840. The number of thiazole rings is 1. The standard InChI is InChI=1S/C33H34N4O3S3.ClH/c1-4-36-19-18-26-29(21-36)42-33(30(26)32-34-27-12-8-9-13-28(27)41-32)35-31(38)24-14-16-25(17-15-24)43(39,40)37(22(2)3)20-23-10-6-5-7-11-23;/h5-17,22H,4,18-21H2,1-3H3,(H,35,38);1H. The zero-order valence-electron chi connectivity index (χ0n) is 24.8. The van der Waals surface area contributed by atoms with Crippen LogP contribution in [0.5, 0.6) is 0 Å². The molecule has 0 fully saturated rings. The van der Waals surface area contributed by atoms with Gasteiger partial charge >= 0.3 is 0 Å². The quantitative estimate of drug-likeness (QED) is 0.175. The average Bonchev–Trinajstić information content (AvgIpc) is 3.60. The lowest BCUT2D eigenvalue weighted by molar-refractivity contribution is 0.102. The van der Waals surface area contributed by atoms with Crippen molar-refractivity contribution in [1.82, 2.24) is 14.2 Å². The molecule has 230 valence electrons. The number of hydrogen-bond donors (Lipinski definition) is 1. The third kappa shape index (κ3) is 6.47. The molecule has 0 unspecified atom stereocenters. The number of carbonyl (C=O) groups is 1. The number of aromatic nitrogens is 1. The average molecular weight is 667 g/mol. The Balaban J connectivity index is 0.00000384. The van der Waals surface area contributed by atoms with E-state index in [1.54, 1.807) is 34.8 Å². The van der Waals surface area contributed by atoms with E-state index in [1.165, 1.54) is 26.9 Å². The number of anilines is 1. The van der Waals surface area contributed by atoms with E-state index in [0.717, 1.165) is 57.4 Å². The fraction of sp³-hybridized carbons (Fsp3) is 0.273. The molecule has 7 nitrogen and oxygen atoms in total. The number of carbonyl (C=O) groups excluding carboxylic acids is 1.